The highest BCUT2D eigenvalue weighted by molar-refractivity contribution is 7.92. The number of hydrogen-bond acceptors (Lipinski definition) is 5. The van der Waals surface area contributed by atoms with Gasteiger partial charge in [-0.05, 0) is 42.8 Å². The number of carbonyl (C=O) groups is 1. The lowest BCUT2D eigenvalue weighted by atomic mass is 10.1. The van der Waals surface area contributed by atoms with Crippen LogP contribution in [0.4, 0.5) is 0 Å². The van der Waals surface area contributed by atoms with Gasteiger partial charge >= 0.3 is 5.97 Å². The lowest BCUT2D eigenvalue weighted by Crippen LogP contribution is -2.29. The molecule has 144 valence electrons. The zero-order chi connectivity index (χ0) is 19.6. The van der Waals surface area contributed by atoms with Crippen molar-refractivity contribution in [2.24, 2.45) is 5.92 Å². The lowest BCUT2D eigenvalue weighted by Gasteiger charge is -2.19. The number of carbonyl (C=O) groups excluding carboxylic acids is 1. The molecule has 0 N–H and O–H groups in total. The van der Waals surface area contributed by atoms with Crippen molar-refractivity contribution in [2.75, 3.05) is 7.11 Å². The van der Waals surface area contributed by atoms with Crippen LogP contribution in [0.1, 0.15) is 12.8 Å². The average molecular weight is 429 g/mol. The number of hydrogen-bond donors (Lipinski definition) is 0. The highest BCUT2D eigenvalue weighted by atomic mass is 35.5. The van der Waals surface area contributed by atoms with Crippen LogP contribution in [0.25, 0.3) is 0 Å². The van der Waals surface area contributed by atoms with Crippen LogP contribution in [-0.4, -0.2) is 32.9 Å². The third-order valence-electron chi connectivity index (χ3n) is 4.65. The molecule has 1 aliphatic carbocycles. The van der Waals surface area contributed by atoms with Gasteiger partial charge in [0, 0.05) is 11.4 Å². The molecule has 3 atom stereocenters. The lowest BCUT2D eigenvalue weighted by molar-refractivity contribution is -0.147. The molecule has 0 amide bonds. The number of methoxy groups -OCH3 is 1. The van der Waals surface area contributed by atoms with E-state index in [2.05, 4.69) is 0 Å². The van der Waals surface area contributed by atoms with Gasteiger partial charge in [0.25, 0.3) is 0 Å². The maximum atomic E-state index is 13.0. The molecule has 0 bridgehead atoms. The van der Waals surface area contributed by atoms with Crippen molar-refractivity contribution in [3.63, 3.8) is 0 Å². The third-order valence-corrected chi connectivity index (χ3v) is 7.57. The first-order valence-electron chi connectivity index (χ1n) is 8.31. The SMILES string of the molecule is COC(=O)C1CC(S(=O)(=O)c2ccccc2Cl)CC1Oc1ccc(Cl)cc1. The molecule has 0 spiro atoms. The molecule has 8 heteroatoms. The normalized spacial score (nSPS) is 22.4. The molecule has 0 radical (unpaired) electrons. The van der Waals surface area contributed by atoms with Gasteiger partial charge < -0.3 is 9.47 Å². The molecule has 0 aliphatic heterocycles. The van der Waals surface area contributed by atoms with Crippen LogP contribution in [0.2, 0.25) is 10.0 Å². The van der Waals surface area contributed by atoms with E-state index >= 15 is 0 Å². The number of esters is 1. The van der Waals surface area contributed by atoms with Gasteiger partial charge in [0.05, 0.1) is 28.2 Å². The highest BCUT2D eigenvalue weighted by Crippen LogP contribution is 2.38. The Kier molecular flexibility index (Phi) is 5.99. The fourth-order valence-electron chi connectivity index (χ4n) is 3.28. The fraction of sp³-hybridized carbons (Fsp3) is 0.316. The molecular weight excluding hydrogens is 411 g/mol. The Morgan fingerprint density at radius 3 is 2.33 bits per heavy atom. The van der Waals surface area contributed by atoms with Gasteiger partial charge in [-0.3, -0.25) is 4.79 Å². The Morgan fingerprint density at radius 2 is 1.70 bits per heavy atom. The van der Waals surface area contributed by atoms with Crippen molar-refractivity contribution < 1.29 is 22.7 Å². The predicted molar refractivity (Wildman–Crippen MR) is 103 cm³/mol. The van der Waals surface area contributed by atoms with Crippen molar-refractivity contribution in [2.45, 2.75) is 29.1 Å². The summed E-state index contributed by atoms with van der Waals surface area (Å²) in [5.74, 6) is -0.673. The van der Waals surface area contributed by atoms with Crippen LogP contribution in [0, 0.1) is 5.92 Å². The Hall–Kier alpha value is -1.76. The molecule has 2 aromatic rings. The second-order valence-electron chi connectivity index (χ2n) is 6.31. The van der Waals surface area contributed by atoms with Crippen molar-refractivity contribution in [1.29, 1.82) is 0 Å². The maximum absolute atomic E-state index is 13.0. The third kappa shape index (κ3) is 4.23. The van der Waals surface area contributed by atoms with E-state index in [1.165, 1.54) is 19.2 Å². The van der Waals surface area contributed by atoms with Crippen LogP contribution in [0.15, 0.2) is 53.4 Å². The van der Waals surface area contributed by atoms with Gasteiger partial charge in [-0.15, -0.1) is 0 Å². The van der Waals surface area contributed by atoms with Gasteiger partial charge in [0.15, 0.2) is 9.84 Å². The first kappa shape index (κ1) is 20.0. The summed E-state index contributed by atoms with van der Waals surface area (Å²) in [5.41, 5.74) is 0. The molecule has 1 fully saturated rings. The van der Waals surface area contributed by atoms with E-state index in [1.807, 2.05) is 0 Å². The number of benzene rings is 2. The summed E-state index contributed by atoms with van der Waals surface area (Å²) < 4.78 is 36.8. The summed E-state index contributed by atoms with van der Waals surface area (Å²) in [7, 11) is -2.44. The predicted octanol–water partition coefficient (Wildman–Crippen LogP) is 4.17. The van der Waals surface area contributed by atoms with Crippen molar-refractivity contribution in [1.82, 2.24) is 0 Å². The summed E-state index contributed by atoms with van der Waals surface area (Å²) in [6, 6.07) is 13.0. The van der Waals surface area contributed by atoms with E-state index in [9.17, 15) is 13.2 Å². The largest absolute Gasteiger partial charge is 0.489 e. The topological polar surface area (TPSA) is 69.7 Å². The molecule has 5 nitrogen and oxygen atoms in total. The second-order valence-corrected chi connectivity index (χ2v) is 9.35. The van der Waals surface area contributed by atoms with E-state index < -0.39 is 33.1 Å². The zero-order valence-electron chi connectivity index (χ0n) is 14.5. The van der Waals surface area contributed by atoms with Crippen molar-refractivity contribution in [3.8, 4) is 5.75 Å². The van der Waals surface area contributed by atoms with E-state index in [-0.39, 0.29) is 22.8 Å². The highest BCUT2D eigenvalue weighted by Gasteiger charge is 2.47. The number of ether oxygens (including phenoxy) is 2. The van der Waals surface area contributed by atoms with Crippen LogP contribution in [0.5, 0.6) is 5.75 Å². The van der Waals surface area contributed by atoms with E-state index in [4.69, 9.17) is 32.7 Å². The van der Waals surface area contributed by atoms with Gasteiger partial charge in [-0.1, -0.05) is 35.3 Å². The van der Waals surface area contributed by atoms with Crippen LogP contribution >= 0.6 is 23.2 Å². The Balaban J connectivity index is 1.88. The second kappa shape index (κ2) is 8.09. The van der Waals surface area contributed by atoms with E-state index in [0.29, 0.717) is 10.8 Å². The monoisotopic (exact) mass is 428 g/mol. The fourth-order valence-corrected chi connectivity index (χ4v) is 5.74. The van der Waals surface area contributed by atoms with Gasteiger partial charge in [-0.25, -0.2) is 8.42 Å². The molecule has 0 heterocycles. The standard InChI is InChI=1S/C19H18Cl2O5S/c1-25-19(22)15-10-14(27(23,24)18-5-3-2-4-16(18)21)11-17(15)26-13-8-6-12(20)7-9-13/h2-9,14-15,17H,10-11H2,1H3. The summed E-state index contributed by atoms with van der Waals surface area (Å²) in [4.78, 5) is 12.3. The Morgan fingerprint density at radius 1 is 1.04 bits per heavy atom. The van der Waals surface area contributed by atoms with Crippen LogP contribution in [-0.2, 0) is 19.4 Å². The number of rotatable bonds is 5. The Bertz CT molecular complexity index is 927. The van der Waals surface area contributed by atoms with Gasteiger partial charge in [0.1, 0.15) is 11.9 Å². The minimum Gasteiger partial charge on any atom is -0.489 e. The number of halogens is 2. The molecule has 0 aromatic heterocycles. The summed E-state index contributed by atoms with van der Waals surface area (Å²) in [6.07, 6.45) is -0.352. The molecule has 1 aliphatic rings. The van der Waals surface area contributed by atoms with E-state index in [0.717, 1.165) is 0 Å². The maximum Gasteiger partial charge on any atom is 0.312 e. The smallest absolute Gasteiger partial charge is 0.312 e. The van der Waals surface area contributed by atoms with E-state index in [1.54, 1.807) is 36.4 Å². The van der Waals surface area contributed by atoms with Crippen molar-refractivity contribution >= 4 is 39.0 Å². The Labute approximate surface area is 168 Å². The number of sulfone groups is 1. The zero-order valence-corrected chi connectivity index (χ0v) is 16.8. The first-order valence-corrected chi connectivity index (χ1v) is 10.6. The first-order chi connectivity index (χ1) is 12.8. The van der Waals surface area contributed by atoms with Gasteiger partial charge in [0.2, 0.25) is 0 Å². The summed E-state index contributed by atoms with van der Waals surface area (Å²) in [5, 5.41) is -0.0783. The molecular formula is C19H18Cl2O5S. The summed E-state index contributed by atoms with van der Waals surface area (Å²) in [6.45, 7) is 0. The minimum atomic E-state index is -3.72. The molecule has 3 rings (SSSR count). The van der Waals surface area contributed by atoms with Gasteiger partial charge in [-0.2, -0.15) is 0 Å². The quantitative estimate of drug-likeness (QED) is 0.668. The molecule has 27 heavy (non-hydrogen) atoms. The minimum absolute atomic E-state index is 0.0624. The molecule has 1 saturated carbocycles. The molecule has 0 saturated heterocycles. The van der Waals surface area contributed by atoms with Crippen LogP contribution in [0.3, 0.4) is 0 Å². The summed E-state index contributed by atoms with van der Waals surface area (Å²) >= 11 is 12.0. The van der Waals surface area contributed by atoms with Crippen LogP contribution < -0.4 is 4.74 Å². The average Bonchev–Trinajstić information content (AvgIpc) is 3.08. The molecule has 2 aromatic carbocycles. The van der Waals surface area contributed by atoms with Crippen molar-refractivity contribution in [3.05, 3.63) is 58.6 Å². The molecule has 3 unspecified atom stereocenters.